The second kappa shape index (κ2) is 4.54. The Morgan fingerprint density at radius 2 is 2.00 bits per heavy atom. The lowest BCUT2D eigenvalue weighted by molar-refractivity contribution is -0.147. The zero-order valence-corrected chi connectivity index (χ0v) is 7.64. The van der Waals surface area contributed by atoms with Crippen LogP contribution in [-0.2, 0) is 9.53 Å². The van der Waals surface area contributed by atoms with E-state index in [1.54, 1.807) is 0 Å². The van der Waals surface area contributed by atoms with Crippen LogP contribution in [0.2, 0.25) is 0 Å². The van der Waals surface area contributed by atoms with Gasteiger partial charge in [-0.3, -0.25) is 4.79 Å². The molecule has 0 saturated heterocycles. The lowest BCUT2D eigenvalue weighted by atomic mass is 10.0. The number of aliphatic hydroxyl groups is 1. The van der Waals surface area contributed by atoms with Crippen molar-refractivity contribution in [2.24, 2.45) is 5.73 Å². The second-order valence-electron chi connectivity index (χ2n) is 2.65. The monoisotopic (exact) mass is 183 g/mol. The van der Waals surface area contributed by atoms with E-state index in [1.807, 2.05) is 0 Å². The number of carbonyl (C=O) groups excluding carboxylic acids is 1. The summed E-state index contributed by atoms with van der Waals surface area (Å²) >= 11 is 0. The zero-order valence-electron chi connectivity index (χ0n) is 6.83. The van der Waals surface area contributed by atoms with Gasteiger partial charge in [0, 0.05) is 0 Å². The Balaban J connectivity index is 0. The summed E-state index contributed by atoms with van der Waals surface area (Å²) in [6, 6.07) is -0.975. The first-order valence-electron chi connectivity index (χ1n) is 2.95. The molecule has 5 heteroatoms. The van der Waals surface area contributed by atoms with Gasteiger partial charge in [-0.25, -0.2) is 0 Å². The Morgan fingerprint density at radius 3 is 2.09 bits per heavy atom. The number of methoxy groups -OCH3 is 1. The summed E-state index contributed by atoms with van der Waals surface area (Å²) in [6.07, 6.45) is 0. The number of esters is 1. The molecule has 1 unspecified atom stereocenters. The van der Waals surface area contributed by atoms with Gasteiger partial charge in [-0.15, -0.1) is 12.4 Å². The van der Waals surface area contributed by atoms with Crippen LogP contribution in [0, 0.1) is 0 Å². The maximum Gasteiger partial charge on any atom is 0.325 e. The minimum absolute atomic E-state index is 0. The largest absolute Gasteiger partial charge is 0.468 e. The van der Waals surface area contributed by atoms with E-state index in [-0.39, 0.29) is 12.4 Å². The quantitative estimate of drug-likeness (QED) is 0.576. The molecule has 0 amide bonds. The van der Waals surface area contributed by atoms with Gasteiger partial charge in [0.05, 0.1) is 12.7 Å². The fourth-order valence-electron chi connectivity index (χ4n) is 0.415. The van der Waals surface area contributed by atoms with Gasteiger partial charge in [0.2, 0.25) is 0 Å². The Hall–Kier alpha value is -0.320. The molecule has 68 valence electrons. The molecule has 11 heavy (non-hydrogen) atoms. The van der Waals surface area contributed by atoms with Crippen molar-refractivity contribution in [1.29, 1.82) is 0 Å². The Kier molecular flexibility index (Phi) is 5.48. The molecule has 0 radical (unpaired) electrons. The number of halogens is 1. The first-order chi connectivity index (χ1) is 4.39. The normalized spacial score (nSPS) is 13.2. The minimum atomic E-state index is -1.22. The van der Waals surface area contributed by atoms with Crippen LogP contribution in [0.25, 0.3) is 0 Å². The Morgan fingerprint density at radius 1 is 1.64 bits per heavy atom. The van der Waals surface area contributed by atoms with Gasteiger partial charge in [0.25, 0.3) is 0 Å². The van der Waals surface area contributed by atoms with Crippen molar-refractivity contribution in [2.75, 3.05) is 7.11 Å². The summed E-state index contributed by atoms with van der Waals surface area (Å²) in [5.74, 6) is -0.604. The maximum absolute atomic E-state index is 10.7. The molecule has 0 aliphatic heterocycles. The van der Waals surface area contributed by atoms with Gasteiger partial charge >= 0.3 is 5.97 Å². The van der Waals surface area contributed by atoms with E-state index in [2.05, 4.69) is 4.74 Å². The fourth-order valence-corrected chi connectivity index (χ4v) is 0.415. The van der Waals surface area contributed by atoms with Gasteiger partial charge < -0.3 is 15.6 Å². The van der Waals surface area contributed by atoms with Crippen molar-refractivity contribution in [3.63, 3.8) is 0 Å². The molecule has 0 aliphatic rings. The molecule has 0 heterocycles. The average Bonchev–Trinajstić information content (AvgIpc) is 1.83. The van der Waals surface area contributed by atoms with Crippen LogP contribution in [0.1, 0.15) is 13.8 Å². The molecule has 3 N–H and O–H groups in total. The molecule has 0 aliphatic carbocycles. The van der Waals surface area contributed by atoms with Gasteiger partial charge in [0.1, 0.15) is 6.04 Å². The molecular weight excluding hydrogens is 170 g/mol. The predicted octanol–water partition coefficient (Wildman–Crippen LogP) is -0.321. The van der Waals surface area contributed by atoms with Crippen LogP contribution in [0.4, 0.5) is 0 Å². The third kappa shape index (κ3) is 4.19. The van der Waals surface area contributed by atoms with Crippen LogP contribution in [0.5, 0.6) is 0 Å². The lowest BCUT2D eigenvalue weighted by Gasteiger charge is -2.22. The van der Waals surface area contributed by atoms with E-state index >= 15 is 0 Å². The number of ether oxygens (including phenoxy) is 1. The third-order valence-corrected chi connectivity index (χ3v) is 1.22. The van der Waals surface area contributed by atoms with Crippen molar-refractivity contribution in [3.8, 4) is 0 Å². The van der Waals surface area contributed by atoms with Crippen LogP contribution in [0.3, 0.4) is 0 Å². The van der Waals surface area contributed by atoms with Crippen LogP contribution < -0.4 is 5.73 Å². The molecule has 4 nitrogen and oxygen atoms in total. The predicted molar refractivity (Wildman–Crippen MR) is 43.5 cm³/mol. The van der Waals surface area contributed by atoms with Crippen LogP contribution >= 0.6 is 12.4 Å². The average molecular weight is 184 g/mol. The van der Waals surface area contributed by atoms with Crippen LogP contribution in [0.15, 0.2) is 0 Å². The maximum atomic E-state index is 10.7. The molecule has 0 bridgehead atoms. The molecule has 0 aromatic heterocycles. The number of rotatable bonds is 2. The van der Waals surface area contributed by atoms with Crippen molar-refractivity contribution in [3.05, 3.63) is 0 Å². The van der Waals surface area contributed by atoms with Gasteiger partial charge in [0.15, 0.2) is 0 Å². The Labute approximate surface area is 72.1 Å². The minimum Gasteiger partial charge on any atom is -0.468 e. The lowest BCUT2D eigenvalue weighted by Crippen LogP contribution is -2.49. The van der Waals surface area contributed by atoms with E-state index in [4.69, 9.17) is 10.8 Å². The van der Waals surface area contributed by atoms with E-state index in [0.717, 1.165) is 0 Å². The van der Waals surface area contributed by atoms with Crippen molar-refractivity contribution in [1.82, 2.24) is 0 Å². The molecule has 0 aromatic rings. The first-order valence-corrected chi connectivity index (χ1v) is 2.95. The molecular formula is C6H14ClNO3. The van der Waals surface area contributed by atoms with Gasteiger partial charge in [-0.1, -0.05) is 0 Å². The summed E-state index contributed by atoms with van der Waals surface area (Å²) in [5.41, 5.74) is 4.07. The molecule has 0 spiro atoms. The molecule has 0 saturated carbocycles. The summed E-state index contributed by atoms with van der Waals surface area (Å²) in [5, 5.41) is 9.16. The highest BCUT2D eigenvalue weighted by Crippen LogP contribution is 2.06. The van der Waals surface area contributed by atoms with Gasteiger partial charge in [-0.2, -0.15) is 0 Å². The zero-order chi connectivity index (χ0) is 8.36. The third-order valence-electron chi connectivity index (χ3n) is 1.22. The fraction of sp³-hybridized carbons (Fsp3) is 0.833. The topological polar surface area (TPSA) is 72.5 Å². The van der Waals surface area contributed by atoms with E-state index in [1.165, 1.54) is 21.0 Å². The number of hydrogen-bond donors (Lipinski definition) is 2. The molecule has 0 aromatic carbocycles. The highest BCUT2D eigenvalue weighted by atomic mass is 35.5. The van der Waals surface area contributed by atoms with Crippen LogP contribution in [-0.4, -0.2) is 29.8 Å². The Bertz CT molecular complexity index is 132. The summed E-state index contributed by atoms with van der Waals surface area (Å²) in [7, 11) is 1.23. The van der Waals surface area contributed by atoms with E-state index in [9.17, 15) is 4.79 Å². The summed E-state index contributed by atoms with van der Waals surface area (Å²) in [4.78, 5) is 10.7. The highest BCUT2D eigenvalue weighted by molar-refractivity contribution is 5.85. The van der Waals surface area contributed by atoms with Crippen molar-refractivity contribution >= 4 is 18.4 Å². The standard InChI is InChI=1S/C6H13NO3.ClH/c1-6(2,9)4(7)5(8)10-3;/h4,9H,7H2,1-3H3;1H. The smallest absolute Gasteiger partial charge is 0.325 e. The van der Waals surface area contributed by atoms with Crippen molar-refractivity contribution in [2.45, 2.75) is 25.5 Å². The summed E-state index contributed by atoms with van der Waals surface area (Å²) in [6.45, 7) is 2.91. The highest BCUT2D eigenvalue weighted by Gasteiger charge is 2.30. The van der Waals surface area contributed by atoms with Crippen molar-refractivity contribution < 1.29 is 14.6 Å². The number of carbonyl (C=O) groups is 1. The number of nitrogens with two attached hydrogens (primary N) is 1. The molecule has 0 fully saturated rings. The number of hydrogen-bond acceptors (Lipinski definition) is 4. The van der Waals surface area contributed by atoms with E-state index < -0.39 is 17.6 Å². The molecule has 0 rings (SSSR count). The first kappa shape index (κ1) is 13.3. The van der Waals surface area contributed by atoms with Gasteiger partial charge in [-0.05, 0) is 13.8 Å². The molecule has 1 atom stereocenters. The second-order valence-corrected chi connectivity index (χ2v) is 2.65. The summed E-state index contributed by atoms with van der Waals surface area (Å²) < 4.78 is 4.31. The SMILES string of the molecule is COC(=O)C(N)C(C)(C)O.Cl. The van der Waals surface area contributed by atoms with E-state index in [0.29, 0.717) is 0 Å².